The van der Waals surface area contributed by atoms with Gasteiger partial charge in [-0.3, -0.25) is 9.59 Å². The Morgan fingerprint density at radius 2 is 2.20 bits per heavy atom. The van der Waals surface area contributed by atoms with Crippen molar-refractivity contribution in [3.8, 4) is 0 Å². The number of aliphatic carboxylic acids is 1. The highest BCUT2D eigenvalue weighted by molar-refractivity contribution is 5.78. The number of ether oxygens (including phenoxy) is 1. The minimum absolute atomic E-state index is 0.139. The normalized spacial score (nSPS) is 21.9. The van der Waals surface area contributed by atoms with Gasteiger partial charge < -0.3 is 19.3 Å². The number of aryl methyl sites for hydroxylation is 2. The van der Waals surface area contributed by atoms with Crippen molar-refractivity contribution in [1.82, 2.24) is 15.0 Å². The van der Waals surface area contributed by atoms with Gasteiger partial charge in [-0.2, -0.15) is 4.98 Å². The van der Waals surface area contributed by atoms with Crippen molar-refractivity contribution < 1.29 is 24.0 Å². The molecule has 110 valence electrons. The standard InChI is InChI=1S/C12H17N3O5/c1-7-13-10(20-14-7)3-4-11(16)15(2)9-6-19-5-8(9)12(17)18/h8-9H,3-6H2,1-2H3,(H,17,18). The fourth-order valence-electron chi connectivity index (χ4n) is 2.18. The number of carbonyl (C=O) groups is 2. The lowest BCUT2D eigenvalue weighted by atomic mass is 10.0. The molecule has 1 aromatic rings. The van der Waals surface area contributed by atoms with E-state index in [1.165, 1.54) is 4.90 Å². The van der Waals surface area contributed by atoms with E-state index in [1.54, 1.807) is 14.0 Å². The molecule has 2 heterocycles. The summed E-state index contributed by atoms with van der Waals surface area (Å²) in [6.45, 7) is 2.09. The van der Waals surface area contributed by atoms with Crippen LogP contribution in [-0.2, 0) is 20.7 Å². The Morgan fingerprint density at radius 1 is 1.45 bits per heavy atom. The van der Waals surface area contributed by atoms with E-state index < -0.39 is 17.9 Å². The number of carboxylic acid groups (broad SMARTS) is 1. The van der Waals surface area contributed by atoms with Crippen LogP contribution in [0.25, 0.3) is 0 Å². The number of hydrogen-bond acceptors (Lipinski definition) is 6. The lowest BCUT2D eigenvalue weighted by molar-refractivity contribution is -0.144. The zero-order chi connectivity index (χ0) is 14.7. The first-order chi connectivity index (χ1) is 9.49. The van der Waals surface area contributed by atoms with Crippen LogP contribution in [0, 0.1) is 12.8 Å². The smallest absolute Gasteiger partial charge is 0.311 e. The number of likely N-dealkylation sites (N-methyl/N-ethyl adjacent to an activating group) is 1. The largest absolute Gasteiger partial charge is 0.481 e. The summed E-state index contributed by atoms with van der Waals surface area (Å²) in [5.74, 6) is -0.852. The highest BCUT2D eigenvalue weighted by Crippen LogP contribution is 2.19. The van der Waals surface area contributed by atoms with Gasteiger partial charge in [-0.1, -0.05) is 5.16 Å². The predicted molar refractivity (Wildman–Crippen MR) is 65.9 cm³/mol. The van der Waals surface area contributed by atoms with Crippen LogP contribution < -0.4 is 0 Å². The van der Waals surface area contributed by atoms with Gasteiger partial charge in [0.05, 0.1) is 19.3 Å². The maximum atomic E-state index is 12.1. The van der Waals surface area contributed by atoms with Crippen molar-refractivity contribution in [2.24, 2.45) is 5.92 Å². The van der Waals surface area contributed by atoms with Crippen LogP contribution in [0.2, 0.25) is 0 Å². The molecular formula is C12H17N3O5. The molecule has 1 fully saturated rings. The number of nitrogens with zero attached hydrogens (tertiary/aromatic N) is 3. The Hall–Kier alpha value is -1.96. The van der Waals surface area contributed by atoms with Crippen molar-refractivity contribution in [2.75, 3.05) is 20.3 Å². The van der Waals surface area contributed by atoms with Gasteiger partial charge in [0.25, 0.3) is 0 Å². The third-order valence-corrected chi connectivity index (χ3v) is 3.38. The zero-order valence-electron chi connectivity index (χ0n) is 11.4. The van der Waals surface area contributed by atoms with E-state index in [9.17, 15) is 9.59 Å². The van der Waals surface area contributed by atoms with Gasteiger partial charge in [0.2, 0.25) is 11.8 Å². The Bertz CT molecular complexity index is 501. The molecule has 1 aliphatic heterocycles. The second kappa shape index (κ2) is 6.00. The highest BCUT2D eigenvalue weighted by atomic mass is 16.5. The molecule has 8 nitrogen and oxygen atoms in total. The quantitative estimate of drug-likeness (QED) is 0.802. The van der Waals surface area contributed by atoms with Crippen molar-refractivity contribution >= 4 is 11.9 Å². The Kier molecular flexibility index (Phi) is 4.33. The lowest BCUT2D eigenvalue weighted by Crippen LogP contribution is -2.44. The number of amides is 1. The first kappa shape index (κ1) is 14.4. The molecule has 1 saturated heterocycles. The van der Waals surface area contributed by atoms with E-state index in [-0.39, 0.29) is 25.5 Å². The molecule has 0 bridgehead atoms. The predicted octanol–water partition coefficient (Wildman–Crippen LogP) is -0.131. The van der Waals surface area contributed by atoms with Gasteiger partial charge in [-0.25, -0.2) is 0 Å². The van der Waals surface area contributed by atoms with E-state index in [4.69, 9.17) is 14.4 Å². The first-order valence-corrected chi connectivity index (χ1v) is 6.34. The molecule has 0 aromatic carbocycles. The average Bonchev–Trinajstić information content (AvgIpc) is 3.03. The number of rotatable bonds is 5. The van der Waals surface area contributed by atoms with Crippen LogP contribution in [0.3, 0.4) is 0 Å². The van der Waals surface area contributed by atoms with E-state index in [0.717, 1.165) is 0 Å². The van der Waals surface area contributed by atoms with E-state index in [0.29, 0.717) is 18.1 Å². The van der Waals surface area contributed by atoms with Crippen LogP contribution in [0.5, 0.6) is 0 Å². The summed E-state index contributed by atoms with van der Waals surface area (Å²) in [6, 6.07) is -0.426. The summed E-state index contributed by atoms with van der Waals surface area (Å²) in [5, 5.41) is 12.7. The van der Waals surface area contributed by atoms with Crippen molar-refractivity contribution in [2.45, 2.75) is 25.8 Å². The zero-order valence-corrected chi connectivity index (χ0v) is 11.4. The minimum Gasteiger partial charge on any atom is -0.481 e. The van der Waals surface area contributed by atoms with Crippen molar-refractivity contribution in [1.29, 1.82) is 0 Å². The molecule has 0 spiro atoms. The van der Waals surface area contributed by atoms with Gasteiger partial charge in [-0.15, -0.1) is 0 Å². The SMILES string of the molecule is Cc1noc(CCC(=O)N(C)C2COCC2C(=O)O)n1. The third kappa shape index (κ3) is 3.13. The van der Waals surface area contributed by atoms with Gasteiger partial charge in [0, 0.05) is 19.9 Å². The molecule has 1 N–H and O–H groups in total. The summed E-state index contributed by atoms with van der Waals surface area (Å²) in [7, 11) is 1.59. The van der Waals surface area contributed by atoms with Gasteiger partial charge in [0.15, 0.2) is 5.82 Å². The second-order valence-corrected chi connectivity index (χ2v) is 4.79. The number of hydrogen-bond donors (Lipinski definition) is 1. The molecule has 2 rings (SSSR count). The van der Waals surface area contributed by atoms with Crippen LogP contribution in [0.1, 0.15) is 18.1 Å². The molecule has 2 atom stereocenters. The first-order valence-electron chi connectivity index (χ1n) is 6.34. The molecule has 8 heteroatoms. The summed E-state index contributed by atoms with van der Waals surface area (Å²) < 4.78 is 10.1. The summed E-state index contributed by atoms with van der Waals surface area (Å²) in [6.07, 6.45) is 0.538. The fraction of sp³-hybridized carbons (Fsp3) is 0.667. The van der Waals surface area contributed by atoms with Gasteiger partial charge >= 0.3 is 5.97 Å². The number of aromatic nitrogens is 2. The van der Waals surface area contributed by atoms with Crippen LogP contribution >= 0.6 is 0 Å². The fourth-order valence-corrected chi connectivity index (χ4v) is 2.18. The Balaban J connectivity index is 1.90. The van der Waals surface area contributed by atoms with Crippen LogP contribution in [0.4, 0.5) is 0 Å². The summed E-state index contributed by atoms with van der Waals surface area (Å²) >= 11 is 0. The topological polar surface area (TPSA) is 106 Å². The number of carbonyl (C=O) groups excluding carboxylic acids is 1. The molecule has 0 saturated carbocycles. The van der Waals surface area contributed by atoms with Gasteiger partial charge in [-0.05, 0) is 6.92 Å². The molecule has 1 amide bonds. The van der Waals surface area contributed by atoms with Crippen LogP contribution in [0.15, 0.2) is 4.52 Å². The third-order valence-electron chi connectivity index (χ3n) is 3.38. The maximum absolute atomic E-state index is 12.1. The Morgan fingerprint density at radius 3 is 2.80 bits per heavy atom. The van der Waals surface area contributed by atoms with E-state index >= 15 is 0 Å². The van der Waals surface area contributed by atoms with Crippen molar-refractivity contribution in [3.63, 3.8) is 0 Å². The molecule has 1 aromatic heterocycles. The van der Waals surface area contributed by atoms with E-state index in [1.807, 2.05) is 0 Å². The minimum atomic E-state index is -0.945. The molecule has 0 radical (unpaired) electrons. The van der Waals surface area contributed by atoms with E-state index in [2.05, 4.69) is 10.1 Å². The maximum Gasteiger partial charge on any atom is 0.311 e. The van der Waals surface area contributed by atoms with Gasteiger partial charge in [0.1, 0.15) is 5.92 Å². The molecule has 1 aliphatic rings. The molecule has 20 heavy (non-hydrogen) atoms. The molecular weight excluding hydrogens is 266 g/mol. The summed E-state index contributed by atoms with van der Waals surface area (Å²) in [4.78, 5) is 28.6. The molecule has 2 unspecified atom stereocenters. The Labute approximate surface area is 115 Å². The molecule has 0 aliphatic carbocycles. The lowest BCUT2D eigenvalue weighted by Gasteiger charge is -2.26. The average molecular weight is 283 g/mol. The highest BCUT2D eigenvalue weighted by Gasteiger charge is 2.38. The number of carboxylic acids is 1. The second-order valence-electron chi connectivity index (χ2n) is 4.79. The summed E-state index contributed by atoms with van der Waals surface area (Å²) in [5.41, 5.74) is 0. The monoisotopic (exact) mass is 283 g/mol. The van der Waals surface area contributed by atoms with Crippen LogP contribution in [-0.4, -0.2) is 58.3 Å². The van der Waals surface area contributed by atoms with Crippen molar-refractivity contribution in [3.05, 3.63) is 11.7 Å².